The van der Waals surface area contributed by atoms with Crippen molar-refractivity contribution in [1.29, 1.82) is 0 Å². The van der Waals surface area contributed by atoms with E-state index in [4.69, 9.17) is 9.47 Å². The number of methoxy groups -OCH3 is 2. The minimum atomic E-state index is -0.203. The van der Waals surface area contributed by atoms with Crippen molar-refractivity contribution in [2.75, 3.05) is 57.7 Å². The van der Waals surface area contributed by atoms with Gasteiger partial charge in [-0.2, -0.15) is 0 Å². The lowest BCUT2D eigenvalue weighted by Gasteiger charge is -2.33. The molecule has 1 aromatic heterocycles. The summed E-state index contributed by atoms with van der Waals surface area (Å²) in [6.07, 6.45) is 1.67. The second-order valence-corrected chi connectivity index (χ2v) is 6.21. The number of likely N-dealkylation sites (N-methyl/N-ethyl adjacent to an activating group) is 1. The molecule has 2 aromatic rings. The number of nitrogens with zero attached hydrogens (tertiary/aromatic N) is 3. The summed E-state index contributed by atoms with van der Waals surface area (Å²) in [7, 11) is 5.25. The van der Waals surface area contributed by atoms with Crippen LogP contribution in [0.25, 0.3) is 0 Å². The summed E-state index contributed by atoms with van der Waals surface area (Å²) >= 11 is 0. The first-order valence-corrected chi connectivity index (χ1v) is 8.53. The van der Waals surface area contributed by atoms with Crippen LogP contribution in [-0.2, 0) is 0 Å². The SMILES string of the molecule is COc1ccc(NC(=O)c2ccnc(N3CCN(C)CC3)c2)c(OC)c1. The van der Waals surface area contributed by atoms with Gasteiger partial charge in [0.2, 0.25) is 0 Å². The predicted molar refractivity (Wildman–Crippen MR) is 101 cm³/mol. The molecule has 0 bridgehead atoms. The molecule has 1 aromatic carbocycles. The third kappa shape index (κ3) is 4.05. The topological polar surface area (TPSA) is 66.9 Å². The van der Waals surface area contributed by atoms with Crippen molar-refractivity contribution in [2.45, 2.75) is 0 Å². The standard InChI is InChI=1S/C19H24N4O3/c1-22-8-10-23(11-9-22)18-12-14(6-7-20-18)19(24)21-16-5-4-15(25-2)13-17(16)26-3/h4-7,12-13H,8-11H2,1-3H3,(H,21,24). The molecule has 1 N–H and O–H groups in total. The van der Waals surface area contributed by atoms with Gasteiger partial charge in [0.05, 0.1) is 19.9 Å². The smallest absolute Gasteiger partial charge is 0.255 e. The van der Waals surface area contributed by atoms with E-state index in [-0.39, 0.29) is 5.91 Å². The van der Waals surface area contributed by atoms with E-state index in [2.05, 4.69) is 27.1 Å². The molecule has 0 saturated carbocycles. The van der Waals surface area contributed by atoms with Gasteiger partial charge in [-0.15, -0.1) is 0 Å². The molecule has 3 rings (SSSR count). The number of aromatic nitrogens is 1. The summed E-state index contributed by atoms with van der Waals surface area (Å²) in [5.74, 6) is 1.84. The molecule has 0 aliphatic carbocycles. The van der Waals surface area contributed by atoms with Crippen LogP contribution >= 0.6 is 0 Å². The molecule has 0 unspecified atom stereocenters. The number of rotatable bonds is 5. The Morgan fingerprint density at radius 3 is 2.54 bits per heavy atom. The molecule has 26 heavy (non-hydrogen) atoms. The first-order valence-electron chi connectivity index (χ1n) is 8.53. The molecule has 7 heteroatoms. The number of carbonyl (C=O) groups is 1. The number of anilines is 2. The van der Waals surface area contributed by atoms with Crippen molar-refractivity contribution in [3.8, 4) is 11.5 Å². The zero-order valence-electron chi connectivity index (χ0n) is 15.4. The van der Waals surface area contributed by atoms with Crippen LogP contribution < -0.4 is 19.7 Å². The lowest BCUT2D eigenvalue weighted by molar-refractivity contribution is 0.102. The Kier molecular flexibility index (Phi) is 5.58. The minimum Gasteiger partial charge on any atom is -0.497 e. The Hall–Kier alpha value is -2.80. The van der Waals surface area contributed by atoms with E-state index in [0.29, 0.717) is 22.7 Å². The molecule has 1 aliphatic heterocycles. The summed E-state index contributed by atoms with van der Waals surface area (Å²) < 4.78 is 10.5. The number of hydrogen-bond acceptors (Lipinski definition) is 6. The van der Waals surface area contributed by atoms with Crippen molar-refractivity contribution >= 4 is 17.4 Å². The van der Waals surface area contributed by atoms with Crippen molar-refractivity contribution in [2.24, 2.45) is 0 Å². The molecule has 1 aliphatic rings. The number of pyridine rings is 1. The Morgan fingerprint density at radius 2 is 1.85 bits per heavy atom. The van der Waals surface area contributed by atoms with E-state index in [9.17, 15) is 4.79 Å². The Balaban J connectivity index is 1.75. The summed E-state index contributed by atoms with van der Waals surface area (Å²) in [5.41, 5.74) is 1.16. The van der Waals surface area contributed by atoms with Gasteiger partial charge in [-0.3, -0.25) is 4.79 Å². The van der Waals surface area contributed by atoms with E-state index in [1.807, 2.05) is 6.07 Å². The van der Waals surface area contributed by atoms with Crippen LogP contribution in [0, 0.1) is 0 Å². The van der Waals surface area contributed by atoms with Gasteiger partial charge in [0.25, 0.3) is 5.91 Å². The number of hydrogen-bond donors (Lipinski definition) is 1. The molecule has 7 nitrogen and oxygen atoms in total. The number of nitrogens with one attached hydrogen (secondary N) is 1. The first kappa shape index (κ1) is 18.0. The zero-order chi connectivity index (χ0) is 18.5. The lowest BCUT2D eigenvalue weighted by atomic mass is 10.2. The number of piperazine rings is 1. The van der Waals surface area contributed by atoms with Gasteiger partial charge in [0, 0.05) is 44.0 Å². The van der Waals surface area contributed by atoms with Crippen molar-refractivity contribution in [3.05, 3.63) is 42.1 Å². The highest BCUT2D eigenvalue weighted by molar-refractivity contribution is 6.05. The molecular formula is C19H24N4O3. The predicted octanol–water partition coefficient (Wildman–Crippen LogP) is 2.10. The fourth-order valence-electron chi connectivity index (χ4n) is 2.86. The van der Waals surface area contributed by atoms with E-state index in [1.54, 1.807) is 44.7 Å². The average molecular weight is 356 g/mol. The van der Waals surface area contributed by atoms with Gasteiger partial charge in [-0.05, 0) is 31.3 Å². The summed E-state index contributed by atoms with van der Waals surface area (Å²) in [6, 6.07) is 8.82. The molecular weight excluding hydrogens is 332 g/mol. The fraction of sp³-hybridized carbons (Fsp3) is 0.368. The molecule has 1 fully saturated rings. The Labute approximate surface area is 153 Å². The molecule has 0 atom stereocenters. The van der Waals surface area contributed by atoms with E-state index in [1.165, 1.54) is 0 Å². The number of carbonyl (C=O) groups excluding carboxylic acids is 1. The van der Waals surface area contributed by atoms with Gasteiger partial charge in [-0.1, -0.05) is 0 Å². The summed E-state index contributed by atoms with van der Waals surface area (Å²) in [5, 5.41) is 2.89. The highest BCUT2D eigenvalue weighted by Gasteiger charge is 2.17. The number of amides is 1. The maximum Gasteiger partial charge on any atom is 0.255 e. The Morgan fingerprint density at radius 1 is 1.08 bits per heavy atom. The molecule has 0 spiro atoms. The van der Waals surface area contributed by atoms with Crippen molar-refractivity contribution in [3.63, 3.8) is 0 Å². The van der Waals surface area contributed by atoms with E-state index >= 15 is 0 Å². The lowest BCUT2D eigenvalue weighted by Crippen LogP contribution is -2.44. The van der Waals surface area contributed by atoms with E-state index < -0.39 is 0 Å². The minimum absolute atomic E-state index is 0.203. The van der Waals surface area contributed by atoms with E-state index in [0.717, 1.165) is 32.0 Å². The van der Waals surface area contributed by atoms with Crippen LogP contribution in [0.4, 0.5) is 11.5 Å². The Bertz CT molecular complexity index is 773. The highest BCUT2D eigenvalue weighted by atomic mass is 16.5. The highest BCUT2D eigenvalue weighted by Crippen LogP contribution is 2.29. The average Bonchev–Trinajstić information content (AvgIpc) is 2.69. The number of benzene rings is 1. The van der Waals surface area contributed by atoms with Gasteiger partial charge in [-0.25, -0.2) is 4.98 Å². The third-order valence-corrected chi connectivity index (χ3v) is 4.49. The molecule has 1 amide bonds. The molecule has 2 heterocycles. The van der Waals surface area contributed by atoms with Crippen LogP contribution in [0.3, 0.4) is 0 Å². The van der Waals surface area contributed by atoms with Gasteiger partial charge < -0.3 is 24.6 Å². The number of ether oxygens (including phenoxy) is 2. The van der Waals surface area contributed by atoms with Crippen LogP contribution in [0.15, 0.2) is 36.5 Å². The molecule has 138 valence electrons. The summed E-state index contributed by atoms with van der Waals surface area (Å²) in [6.45, 7) is 3.78. The van der Waals surface area contributed by atoms with Crippen LogP contribution in [0.1, 0.15) is 10.4 Å². The fourth-order valence-corrected chi connectivity index (χ4v) is 2.86. The zero-order valence-corrected chi connectivity index (χ0v) is 15.4. The molecule has 1 saturated heterocycles. The second-order valence-electron chi connectivity index (χ2n) is 6.21. The second kappa shape index (κ2) is 8.05. The van der Waals surface area contributed by atoms with Crippen LogP contribution in [0.2, 0.25) is 0 Å². The maximum atomic E-state index is 12.7. The normalized spacial score (nSPS) is 14.8. The monoisotopic (exact) mass is 356 g/mol. The van der Waals surface area contributed by atoms with Crippen molar-refractivity contribution < 1.29 is 14.3 Å². The summed E-state index contributed by atoms with van der Waals surface area (Å²) in [4.78, 5) is 21.6. The van der Waals surface area contributed by atoms with Crippen molar-refractivity contribution in [1.82, 2.24) is 9.88 Å². The van der Waals surface area contributed by atoms with Crippen LogP contribution in [0.5, 0.6) is 11.5 Å². The van der Waals surface area contributed by atoms with Gasteiger partial charge >= 0.3 is 0 Å². The first-order chi connectivity index (χ1) is 12.6. The quantitative estimate of drug-likeness (QED) is 0.885. The van der Waals surface area contributed by atoms with Gasteiger partial charge in [0.15, 0.2) is 0 Å². The maximum absolute atomic E-state index is 12.7. The molecule has 0 radical (unpaired) electrons. The third-order valence-electron chi connectivity index (χ3n) is 4.49. The van der Waals surface area contributed by atoms with Crippen LogP contribution in [-0.4, -0.2) is 63.2 Å². The largest absolute Gasteiger partial charge is 0.497 e. The van der Waals surface area contributed by atoms with Gasteiger partial charge in [0.1, 0.15) is 17.3 Å².